The zero-order valence-electron chi connectivity index (χ0n) is 19.0. The van der Waals surface area contributed by atoms with Crippen LogP contribution in [0, 0.1) is 29.3 Å². The second-order valence-corrected chi connectivity index (χ2v) is 11.8. The molecular weight excluding hydrogens is 523 g/mol. The van der Waals surface area contributed by atoms with E-state index in [1.807, 2.05) is 0 Å². The molecular formula is C24H25ClF3NO6S. The minimum Gasteiger partial charge on any atom is -0.394 e. The Morgan fingerprint density at radius 3 is 2.31 bits per heavy atom. The molecule has 2 fully saturated rings. The van der Waals surface area contributed by atoms with Crippen molar-refractivity contribution in [2.75, 3.05) is 25.1 Å². The third-order valence-corrected chi connectivity index (χ3v) is 9.78. The van der Waals surface area contributed by atoms with Gasteiger partial charge in [0.25, 0.3) is 5.91 Å². The summed E-state index contributed by atoms with van der Waals surface area (Å²) < 4.78 is 72.6. The predicted octanol–water partition coefficient (Wildman–Crippen LogP) is 3.71. The van der Waals surface area contributed by atoms with Gasteiger partial charge in [-0.15, -0.1) is 0 Å². The van der Waals surface area contributed by atoms with E-state index >= 15 is 0 Å². The number of hydrogen-bond acceptors (Lipinski definition) is 6. The lowest BCUT2D eigenvalue weighted by molar-refractivity contribution is -0.116. The van der Waals surface area contributed by atoms with Gasteiger partial charge in [0.05, 0.1) is 40.6 Å². The monoisotopic (exact) mass is 547 g/mol. The van der Waals surface area contributed by atoms with Gasteiger partial charge in [0.15, 0.2) is 27.3 Å². The lowest BCUT2D eigenvalue weighted by Crippen LogP contribution is -2.51. The van der Waals surface area contributed by atoms with E-state index in [0.29, 0.717) is 25.0 Å². The molecule has 36 heavy (non-hydrogen) atoms. The quantitative estimate of drug-likeness (QED) is 0.343. The van der Waals surface area contributed by atoms with Crippen molar-refractivity contribution in [2.45, 2.75) is 41.4 Å². The van der Waals surface area contributed by atoms with Crippen molar-refractivity contribution in [3.8, 4) is 0 Å². The van der Waals surface area contributed by atoms with Crippen molar-refractivity contribution >= 4 is 33.0 Å². The number of fused-ring (bicyclic) bond motifs is 2. The second kappa shape index (κ2) is 10.3. The standard InChI is InChI=1S/C24H25ClF3NO6S/c25-18-4-1-13(23(31)29-16-10-19(26)22(28)20(27)11-16)7-21(18)36(33,34)17-8-14-2-3-15(9-17)24(14,32)12-35-6-5-30/h1,4,7,10-11,14-15,17,30,32H,2-3,5-6,8-9,12H2,(H,29,31). The predicted molar refractivity (Wildman–Crippen MR) is 125 cm³/mol. The third kappa shape index (κ3) is 4.99. The maximum atomic E-state index is 13.6. The largest absolute Gasteiger partial charge is 0.394 e. The molecule has 2 bridgehead atoms. The Labute approximate surface area is 211 Å². The highest BCUT2D eigenvalue weighted by Crippen LogP contribution is 2.52. The number of sulfone groups is 1. The molecule has 4 rings (SSSR count). The molecule has 2 aromatic carbocycles. The number of hydrogen-bond donors (Lipinski definition) is 3. The second-order valence-electron chi connectivity index (χ2n) is 9.23. The summed E-state index contributed by atoms with van der Waals surface area (Å²) in [6.45, 7) is -0.0995. The number of anilines is 1. The Morgan fingerprint density at radius 2 is 1.72 bits per heavy atom. The fourth-order valence-electron chi connectivity index (χ4n) is 5.27. The van der Waals surface area contributed by atoms with Gasteiger partial charge in [-0.05, 0) is 55.7 Å². The zero-order chi connectivity index (χ0) is 26.3. The lowest BCUT2D eigenvalue weighted by atomic mass is 9.75. The van der Waals surface area contributed by atoms with Gasteiger partial charge in [0.2, 0.25) is 0 Å². The zero-order valence-corrected chi connectivity index (χ0v) is 20.6. The molecule has 0 saturated heterocycles. The van der Waals surface area contributed by atoms with E-state index in [-0.39, 0.29) is 65.7 Å². The van der Waals surface area contributed by atoms with Gasteiger partial charge in [-0.1, -0.05) is 11.6 Å². The first-order chi connectivity index (χ1) is 17.0. The van der Waals surface area contributed by atoms with E-state index in [1.165, 1.54) is 12.1 Å². The fourth-order valence-corrected chi connectivity index (χ4v) is 7.67. The van der Waals surface area contributed by atoms with Crippen molar-refractivity contribution in [3.63, 3.8) is 0 Å². The molecule has 2 saturated carbocycles. The Hall–Kier alpha value is -2.18. The van der Waals surface area contributed by atoms with Gasteiger partial charge in [-0.3, -0.25) is 4.79 Å². The Morgan fingerprint density at radius 1 is 1.11 bits per heavy atom. The summed E-state index contributed by atoms with van der Waals surface area (Å²) in [7, 11) is -4.02. The number of aliphatic hydroxyl groups is 2. The molecule has 0 heterocycles. The van der Waals surface area contributed by atoms with Crippen LogP contribution in [0.5, 0.6) is 0 Å². The van der Waals surface area contributed by atoms with Crippen LogP contribution in [0.2, 0.25) is 5.02 Å². The molecule has 12 heteroatoms. The van der Waals surface area contributed by atoms with Crippen LogP contribution < -0.4 is 5.32 Å². The number of nitrogens with one attached hydrogen (secondary N) is 1. The molecule has 3 N–H and O–H groups in total. The Kier molecular flexibility index (Phi) is 7.68. The number of benzene rings is 2. The first-order valence-electron chi connectivity index (χ1n) is 11.4. The maximum absolute atomic E-state index is 13.6. The van der Waals surface area contributed by atoms with E-state index in [4.69, 9.17) is 21.4 Å². The van der Waals surface area contributed by atoms with Gasteiger partial charge in [-0.25, -0.2) is 21.6 Å². The first-order valence-corrected chi connectivity index (χ1v) is 13.3. The molecule has 0 radical (unpaired) electrons. The van der Waals surface area contributed by atoms with Crippen molar-refractivity contribution in [2.24, 2.45) is 11.8 Å². The van der Waals surface area contributed by atoms with Gasteiger partial charge in [0, 0.05) is 23.4 Å². The minimum atomic E-state index is -4.02. The average Bonchev–Trinajstić information content (AvgIpc) is 2.99. The van der Waals surface area contributed by atoms with Crippen LogP contribution in [0.1, 0.15) is 36.0 Å². The summed E-state index contributed by atoms with van der Waals surface area (Å²) in [5, 5.41) is 21.4. The molecule has 2 aliphatic carbocycles. The molecule has 0 spiro atoms. The van der Waals surface area contributed by atoms with E-state index < -0.39 is 44.0 Å². The number of ether oxygens (including phenoxy) is 1. The van der Waals surface area contributed by atoms with Gasteiger partial charge in [-0.2, -0.15) is 0 Å². The average molecular weight is 548 g/mol. The third-order valence-electron chi connectivity index (χ3n) is 7.12. The molecule has 7 nitrogen and oxygen atoms in total. The number of amides is 1. The number of aliphatic hydroxyl groups excluding tert-OH is 1. The van der Waals surface area contributed by atoms with Crippen LogP contribution >= 0.6 is 11.6 Å². The van der Waals surface area contributed by atoms with Crippen LogP contribution in [0.3, 0.4) is 0 Å². The number of carbonyl (C=O) groups excluding carboxylic acids is 1. The lowest BCUT2D eigenvalue weighted by Gasteiger charge is -2.42. The SMILES string of the molecule is O=C(Nc1cc(F)c(F)c(F)c1)c1ccc(Cl)c(S(=O)(=O)C2CC3CCC(C2)C3(O)COCCO)c1. The number of carbonyl (C=O) groups is 1. The van der Waals surface area contributed by atoms with Gasteiger partial charge in [0.1, 0.15) is 0 Å². The molecule has 1 amide bonds. The summed E-state index contributed by atoms with van der Waals surface area (Å²) in [6, 6.07) is 4.80. The van der Waals surface area contributed by atoms with E-state index in [1.54, 1.807) is 0 Å². The van der Waals surface area contributed by atoms with Crippen molar-refractivity contribution in [1.82, 2.24) is 0 Å². The normalized spacial score (nSPS) is 25.7. The molecule has 0 aromatic heterocycles. The summed E-state index contributed by atoms with van der Waals surface area (Å²) >= 11 is 6.21. The van der Waals surface area contributed by atoms with E-state index in [0.717, 1.165) is 6.07 Å². The fraction of sp³-hybridized carbons (Fsp3) is 0.458. The van der Waals surface area contributed by atoms with Crippen LogP contribution in [0.25, 0.3) is 0 Å². The van der Waals surface area contributed by atoms with Gasteiger partial charge >= 0.3 is 0 Å². The minimum absolute atomic E-state index is 0.0106. The van der Waals surface area contributed by atoms with Crippen molar-refractivity contribution < 1.29 is 41.3 Å². The molecule has 2 aliphatic rings. The molecule has 196 valence electrons. The topological polar surface area (TPSA) is 113 Å². The molecule has 2 atom stereocenters. The molecule has 2 unspecified atom stereocenters. The Balaban J connectivity index is 1.55. The van der Waals surface area contributed by atoms with E-state index in [9.17, 15) is 31.5 Å². The summed E-state index contributed by atoms with van der Waals surface area (Å²) in [6.07, 6.45) is 1.63. The molecule has 2 aromatic rings. The summed E-state index contributed by atoms with van der Waals surface area (Å²) in [4.78, 5) is 12.4. The van der Waals surface area contributed by atoms with Gasteiger partial charge < -0.3 is 20.3 Å². The number of halogens is 4. The highest BCUT2D eigenvalue weighted by molar-refractivity contribution is 7.92. The van der Waals surface area contributed by atoms with Crippen LogP contribution in [-0.2, 0) is 14.6 Å². The maximum Gasteiger partial charge on any atom is 0.255 e. The van der Waals surface area contributed by atoms with Crippen LogP contribution in [0.15, 0.2) is 35.2 Å². The van der Waals surface area contributed by atoms with Crippen LogP contribution in [0.4, 0.5) is 18.9 Å². The summed E-state index contributed by atoms with van der Waals surface area (Å²) in [5.41, 5.74) is -1.65. The van der Waals surface area contributed by atoms with Crippen molar-refractivity contribution in [3.05, 3.63) is 58.4 Å². The molecule has 0 aliphatic heterocycles. The highest BCUT2D eigenvalue weighted by atomic mass is 35.5. The Bertz CT molecular complexity index is 1240. The van der Waals surface area contributed by atoms with Crippen molar-refractivity contribution in [1.29, 1.82) is 0 Å². The van der Waals surface area contributed by atoms with E-state index in [2.05, 4.69) is 5.32 Å². The summed E-state index contributed by atoms with van der Waals surface area (Å²) in [5.74, 6) is -6.16. The highest BCUT2D eigenvalue weighted by Gasteiger charge is 2.55. The smallest absolute Gasteiger partial charge is 0.255 e. The first kappa shape index (κ1) is 26.9. The van der Waals surface area contributed by atoms with Crippen LogP contribution in [-0.4, -0.2) is 55.2 Å². The number of rotatable bonds is 8.